The van der Waals surface area contributed by atoms with Crippen molar-refractivity contribution in [2.75, 3.05) is 6.54 Å². The van der Waals surface area contributed by atoms with Gasteiger partial charge in [-0.25, -0.2) is 4.79 Å². The van der Waals surface area contributed by atoms with E-state index in [1.54, 1.807) is 6.92 Å². The van der Waals surface area contributed by atoms with E-state index < -0.39 is 11.9 Å². The molecule has 2 unspecified atom stereocenters. The molecule has 0 rings (SSSR count). The standard InChI is InChI=1S/C11H22N2O3/c1-7(2)9(4)13-11(16)12-6-5-8(3)10(14)15/h7-9H,5-6H2,1-4H3,(H,14,15)(H2,12,13,16). The summed E-state index contributed by atoms with van der Waals surface area (Å²) in [4.78, 5) is 21.9. The molecule has 0 spiro atoms. The van der Waals surface area contributed by atoms with Gasteiger partial charge in [-0.1, -0.05) is 20.8 Å². The van der Waals surface area contributed by atoms with E-state index in [-0.39, 0.29) is 12.1 Å². The average molecular weight is 230 g/mol. The van der Waals surface area contributed by atoms with Crippen LogP contribution < -0.4 is 10.6 Å². The Morgan fingerprint density at radius 2 is 1.75 bits per heavy atom. The van der Waals surface area contributed by atoms with Gasteiger partial charge < -0.3 is 15.7 Å². The van der Waals surface area contributed by atoms with Crippen molar-refractivity contribution in [1.29, 1.82) is 0 Å². The van der Waals surface area contributed by atoms with Gasteiger partial charge in [-0.3, -0.25) is 4.79 Å². The van der Waals surface area contributed by atoms with Crippen LogP contribution in [0.25, 0.3) is 0 Å². The molecule has 0 bridgehead atoms. The molecule has 0 heterocycles. The number of nitrogens with one attached hydrogen (secondary N) is 2. The van der Waals surface area contributed by atoms with Crippen molar-refractivity contribution in [3.05, 3.63) is 0 Å². The molecule has 0 radical (unpaired) electrons. The molecule has 0 aliphatic carbocycles. The summed E-state index contributed by atoms with van der Waals surface area (Å²) in [5.41, 5.74) is 0. The molecule has 2 amide bonds. The molecule has 0 saturated carbocycles. The van der Waals surface area contributed by atoms with Crippen LogP contribution in [-0.2, 0) is 4.79 Å². The number of hydrogen-bond donors (Lipinski definition) is 3. The van der Waals surface area contributed by atoms with Crippen LogP contribution in [0.3, 0.4) is 0 Å². The number of rotatable bonds is 6. The first-order valence-corrected chi connectivity index (χ1v) is 5.61. The van der Waals surface area contributed by atoms with Gasteiger partial charge in [-0.2, -0.15) is 0 Å². The third-order valence-corrected chi connectivity index (χ3v) is 2.64. The van der Waals surface area contributed by atoms with Gasteiger partial charge in [0.15, 0.2) is 0 Å². The Bertz CT molecular complexity index is 241. The molecule has 16 heavy (non-hydrogen) atoms. The zero-order chi connectivity index (χ0) is 12.7. The van der Waals surface area contributed by atoms with Crippen LogP contribution in [0.2, 0.25) is 0 Å². The number of hydrogen-bond acceptors (Lipinski definition) is 2. The lowest BCUT2D eigenvalue weighted by Gasteiger charge is -2.18. The van der Waals surface area contributed by atoms with Gasteiger partial charge in [0.05, 0.1) is 5.92 Å². The van der Waals surface area contributed by atoms with Gasteiger partial charge in [0.2, 0.25) is 0 Å². The van der Waals surface area contributed by atoms with Crippen molar-refractivity contribution < 1.29 is 14.7 Å². The Kier molecular flexibility index (Phi) is 6.53. The third-order valence-electron chi connectivity index (χ3n) is 2.64. The van der Waals surface area contributed by atoms with E-state index in [1.807, 2.05) is 20.8 Å². The molecule has 0 aromatic carbocycles. The summed E-state index contributed by atoms with van der Waals surface area (Å²) in [7, 11) is 0. The van der Waals surface area contributed by atoms with Crippen LogP contribution in [0, 0.1) is 11.8 Å². The number of aliphatic carboxylic acids is 1. The van der Waals surface area contributed by atoms with Crippen molar-refractivity contribution >= 4 is 12.0 Å². The van der Waals surface area contributed by atoms with Crippen LogP contribution in [0.1, 0.15) is 34.1 Å². The van der Waals surface area contributed by atoms with Gasteiger partial charge in [-0.15, -0.1) is 0 Å². The van der Waals surface area contributed by atoms with E-state index in [9.17, 15) is 9.59 Å². The number of carboxylic acids is 1. The van der Waals surface area contributed by atoms with Gasteiger partial charge in [-0.05, 0) is 19.3 Å². The fraction of sp³-hybridized carbons (Fsp3) is 0.818. The second kappa shape index (κ2) is 7.09. The summed E-state index contributed by atoms with van der Waals surface area (Å²) in [5.74, 6) is -0.885. The predicted octanol–water partition coefficient (Wildman–Crippen LogP) is 1.44. The number of carbonyl (C=O) groups is 2. The molecule has 0 fully saturated rings. The van der Waals surface area contributed by atoms with Crippen LogP contribution in [0.4, 0.5) is 4.79 Å². The summed E-state index contributed by atoms with van der Waals surface area (Å²) < 4.78 is 0. The molecule has 0 saturated heterocycles. The zero-order valence-electron chi connectivity index (χ0n) is 10.4. The van der Waals surface area contributed by atoms with E-state index in [0.29, 0.717) is 18.9 Å². The smallest absolute Gasteiger partial charge is 0.315 e. The maximum absolute atomic E-state index is 11.3. The lowest BCUT2D eigenvalue weighted by molar-refractivity contribution is -0.141. The number of amides is 2. The maximum Gasteiger partial charge on any atom is 0.315 e. The molecule has 5 nitrogen and oxygen atoms in total. The first-order chi connectivity index (χ1) is 7.34. The van der Waals surface area contributed by atoms with E-state index in [0.717, 1.165) is 0 Å². The summed E-state index contributed by atoms with van der Waals surface area (Å²) in [5, 5.41) is 14.1. The van der Waals surface area contributed by atoms with Gasteiger partial charge in [0.1, 0.15) is 0 Å². The summed E-state index contributed by atoms with van der Waals surface area (Å²) >= 11 is 0. The highest BCUT2D eigenvalue weighted by atomic mass is 16.4. The predicted molar refractivity (Wildman–Crippen MR) is 62.3 cm³/mol. The van der Waals surface area contributed by atoms with Gasteiger partial charge in [0, 0.05) is 12.6 Å². The molecule has 0 aromatic heterocycles. The van der Waals surface area contributed by atoms with E-state index in [4.69, 9.17) is 5.11 Å². The third kappa shape index (κ3) is 6.27. The minimum atomic E-state index is -0.835. The average Bonchev–Trinajstić information content (AvgIpc) is 2.16. The summed E-state index contributed by atoms with van der Waals surface area (Å²) in [6, 6.07) is -0.129. The Morgan fingerprint density at radius 1 is 1.19 bits per heavy atom. The SMILES string of the molecule is CC(CCNC(=O)NC(C)C(C)C)C(=O)O. The van der Waals surface area contributed by atoms with Gasteiger partial charge >= 0.3 is 12.0 Å². The van der Waals surface area contributed by atoms with E-state index in [1.165, 1.54) is 0 Å². The normalized spacial score (nSPS) is 14.3. The summed E-state index contributed by atoms with van der Waals surface area (Å²) in [6.07, 6.45) is 0.443. The highest BCUT2D eigenvalue weighted by Gasteiger charge is 2.12. The molecule has 0 aliphatic rings. The fourth-order valence-corrected chi connectivity index (χ4v) is 0.950. The number of urea groups is 1. The number of carboxylic acid groups (broad SMARTS) is 1. The first kappa shape index (κ1) is 14.7. The molecule has 5 heteroatoms. The van der Waals surface area contributed by atoms with Crippen molar-refractivity contribution in [2.45, 2.75) is 40.2 Å². The van der Waals surface area contributed by atoms with Crippen LogP contribution in [0.5, 0.6) is 0 Å². The molecule has 0 aromatic rings. The quantitative estimate of drug-likeness (QED) is 0.646. The van der Waals surface area contributed by atoms with E-state index in [2.05, 4.69) is 10.6 Å². The Hall–Kier alpha value is -1.26. The van der Waals surface area contributed by atoms with Crippen LogP contribution in [0.15, 0.2) is 0 Å². The van der Waals surface area contributed by atoms with Crippen LogP contribution >= 0.6 is 0 Å². The molecule has 3 N–H and O–H groups in total. The van der Waals surface area contributed by atoms with Crippen molar-refractivity contribution in [3.8, 4) is 0 Å². The molecular weight excluding hydrogens is 208 g/mol. The monoisotopic (exact) mass is 230 g/mol. The highest BCUT2D eigenvalue weighted by Crippen LogP contribution is 2.00. The summed E-state index contributed by atoms with van der Waals surface area (Å²) in [6.45, 7) is 7.99. The largest absolute Gasteiger partial charge is 0.481 e. The Labute approximate surface area is 96.6 Å². The minimum absolute atomic E-state index is 0.108. The van der Waals surface area contributed by atoms with Crippen LogP contribution in [-0.4, -0.2) is 29.7 Å². The first-order valence-electron chi connectivity index (χ1n) is 5.61. The lowest BCUT2D eigenvalue weighted by Crippen LogP contribution is -2.43. The fourth-order valence-electron chi connectivity index (χ4n) is 0.950. The van der Waals surface area contributed by atoms with E-state index >= 15 is 0 Å². The molecular formula is C11H22N2O3. The Balaban J connectivity index is 3.70. The highest BCUT2D eigenvalue weighted by molar-refractivity contribution is 5.74. The van der Waals surface area contributed by atoms with Crippen molar-refractivity contribution in [1.82, 2.24) is 10.6 Å². The van der Waals surface area contributed by atoms with Gasteiger partial charge in [0.25, 0.3) is 0 Å². The minimum Gasteiger partial charge on any atom is -0.481 e. The second-order valence-corrected chi connectivity index (χ2v) is 4.46. The van der Waals surface area contributed by atoms with Crippen molar-refractivity contribution in [2.24, 2.45) is 11.8 Å². The maximum atomic E-state index is 11.3. The molecule has 2 atom stereocenters. The molecule has 94 valence electrons. The topological polar surface area (TPSA) is 78.4 Å². The van der Waals surface area contributed by atoms with Crippen molar-refractivity contribution in [3.63, 3.8) is 0 Å². The zero-order valence-corrected chi connectivity index (χ0v) is 10.4. The second-order valence-electron chi connectivity index (χ2n) is 4.46. The number of carbonyl (C=O) groups excluding carboxylic acids is 1. The Morgan fingerprint density at radius 3 is 2.19 bits per heavy atom. The molecule has 0 aliphatic heterocycles. The lowest BCUT2D eigenvalue weighted by atomic mass is 10.1.